The molecule has 5 nitrogen and oxygen atoms in total. The van der Waals surface area contributed by atoms with Gasteiger partial charge in [0.15, 0.2) is 0 Å². The van der Waals surface area contributed by atoms with Gasteiger partial charge in [-0.1, -0.05) is 51.1 Å². The first-order valence-corrected chi connectivity index (χ1v) is 10.7. The van der Waals surface area contributed by atoms with Gasteiger partial charge in [-0.25, -0.2) is 0 Å². The molecular formula is C24H34N4O. The lowest BCUT2D eigenvalue weighted by molar-refractivity contribution is -0.115. The van der Waals surface area contributed by atoms with Crippen molar-refractivity contribution in [3.8, 4) is 0 Å². The summed E-state index contributed by atoms with van der Waals surface area (Å²) in [6.45, 7) is 12.3. The number of carbonyl (C=O) groups is 1. The fourth-order valence-electron chi connectivity index (χ4n) is 3.88. The first-order valence-electron chi connectivity index (χ1n) is 10.7. The average molecular weight is 395 g/mol. The van der Waals surface area contributed by atoms with Crippen LogP contribution in [-0.4, -0.2) is 50.1 Å². The second kappa shape index (κ2) is 10.4. The van der Waals surface area contributed by atoms with Crippen LogP contribution in [0.3, 0.4) is 0 Å². The Morgan fingerprint density at radius 3 is 2.21 bits per heavy atom. The maximum atomic E-state index is 12.4. The highest BCUT2D eigenvalue weighted by Crippen LogP contribution is 2.22. The summed E-state index contributed by atoms with van der Waals surface area (Å²) < 4.78 is 0. The van der Waals surface area contributed by atoms with Crippen molar-refractivity contribution in [3.05, 3.63) is 60.2 Å². The minimum Gasteiger partial charge on any atom is -0.369 e. The number of hydrogen-bond acceptors (Lipinski definition) is 4. The summed E-state index contributed by atoms with van der Waals surface area (Å²) >= 11 is 0. The molecule has 1 saturated heterocycles. The predicted molar refractivity (Wildman–Crippen MR) is 121 cm³/mol. The Hall–Kier alpha value is -2.37. The third kappa shape index (κ3) is 6.05. The lowest BCUT2D eigenvalue weighted by Crippen LogP contribution is -2.46. The van der Waals surface area contributed by atoms with Gasteiger partial charge in [0.05, 0.1) is 6.54 Å². The smallest absolute Gasteiger partial charge is 0.238 e. The van der Waals surface area contributed by atoms with Crippen molar-refractivity contribution in [2.24, 2.45) is 5.92 Å². The average Bonchev–Trinajstić information content (AvgIpc) is 2.75. The van der Waals surface area contributed by atoms with Crippen LogP contribution in [0, 0.1) is 5.92 Å². The van der Waals surface area contributed by atoms with Gasteiger partial charge in [-0.2, -0.15) is 0 Å². The number of anilines is 2. The molecule has 1 aliphatic heterocycles. The van der Waals surface area contributed by atoms with Gasteiger partial charge in [-0.05, 0) is 42.3 Å². The van der Waals surface area contributed by atoms with E-state index in [1.165, 1.54) is 11.3 Å². The highest BCUT2D eigenvalue weighted by atomic mass is 16.1. The molecule has 1 heterocycles. The van der Waals surface area contributed by atoms with E-state index >= 15 is 0 Å². The summed E-state index contributed by atoms with van der Waals surface area (Å²) in [7, 11) is 0. The third-order valence-corrected chi connectivity index (χ3v) is 5.64. The summed E-state index contributed by atoms with van der Waals surface area (Å²) in [5.41, 5.74) is 3.28. The van der Waals surface area contributed by atoms with Gasteiger partial charge < -0.3 is 20.4 Å². The van der Waals surface area contributed by atoms with E-state index < -0.39 is 0 Å². The maximum Gasteiger partial charge on any atom is 0.238 e. The summed E-state index contributed by atoms with van der Waals surface area (Å²) in [5, 5.41) is 6.41. The van der Waals surface area contributed by atoms with E-state index in [0.717, 1.165) is 38.4 Å². The van der Waals surface area contributed by atoms with E-state index in [1.807, 2.05) is 30.3 Å². The summed E-state index contributed by atoms with van der Waals surface area (Å²) in [5.74, 6) is 0.383. The number of likely N-dealkylation sites (N-methyl/N-ethyl adjacent to an activating group) is 1. The van der Waals surface area contributed by atoms with Crippen LogP contribution in [-0.2, 0) is 4.79 Å². The molecule has 3 rings (SSSR count). The lowest BCUT2D eigenvalue weighted by Gasteiger charge is -2.35. The SMILES string of the molecule is CCN1CCN(c2ccc(NC(=O)CN[C@H](c3ccccc3)C(C)C)cc2)CC1. The molecule has 1 amide bonds. The van der Waals surface area contributed by atoms with Gasteiger partial charge in [0.25, 0.3) is 0 Å². The van der Waals surface area contributed by atoms with E-state index in [1.54, 1.807) is 0 Å². The second-order valence-electron chi connectivity index (χ2n) is 8.03. The highest BCUT2D eigenvalue weighted by Gasteiger charge is 2.17. The van der Waals surface area contributed by atoms with Crippen LogP contribution in [0.15, 0.2) is 54.6 Å². The molecule has 0 unspecified atom stereocenters. The van der Waals surface area contributed by atoms with Crippen LogP contribution in [0.1, 0.15) is 32.4 Å². The van der Waals surface area contributed by atoms with E-state index in [-0.39, 0.29) is 11.9 Å². The van der Waals surface area contributed by atoms with Crippen LogP contribution < -0.4 is 15.5 Å². The Morgan fingerprint density at radius 1 is 0.966 bits per heavy atom. The Balaban J connectivity index is 1.50. The van der Waals surface area contributed by atoms with Gasteiger partial charge in [0.2, 0.25) is 5.91 Å². The molecule has 1 fully saturated rings. The van der Waals surface area contributed by atoms with Crippen LogP contribution in [0.2, 0.25) is 0 Å². The van der Waals surface area contributed by atoms with Crippen molar-refractivity contribution in [2.45, 2.75) is 26.8 Å². The van der Waals surface area contributed by atoms with Crippen molar-refractivity contribution >= 4 is 17.3 Å². The molecule has 5 heteroatoms. The van der Waals surface area contributed by atoms with E-state index in [9.17, 15) is 4.79 Å². The van der Waals surface area contributed by atoms with Crippen LogP contribution >= 0.6 is 0 Å². The molecular weight excluding hydrogens is 360 g/mol. The van der Waals surface area contributed by atoms with E-state index in [0.29, 0.717) is 12.5 Å². The Morgan fingerprint density at radius 2 is 1.62 bits per heavy atom. The maximum absolute atomic E-state index is 12.4. The Kier molecular flexibility index (Phi) is 7.67. The van der Waals surface area contributed by atoms with Gasteiger partial charge in [0, 0.05) is 43.6 Å². The number of benzene rings is 2. The molecule has 0 spiro atoms. The zero-order chi connectivity index (χ0) is 20.6. The Bertz CT molecular complexity index is 752. The molecule has 29 heavy (non-hydrogen) atoms. The third-order valence-electron chi connectivity index (χ3n) is 5.64. The number of carbonyl (C=O) groups excluding carboxylic acids is 1. The molecule has 0 bridgehead atoms. The van der Waals surface area contributed by atoms with E-state index in [4.69, 9.17) is 0 Å². The molecule has 1 aliphatic rings. The summed E-state index contributed by atoms with van der Waals surface area (Å²) in [6, 6.07) is 18.7. The number of nitrogens with zero attached hydrogens (tertiary/aromatic N) is 2. The molecule has 156 valence electrons. The topological polar surface area (TPSA) is 47.6 Å². The summed E-state index contributed by atoms with van der Waals surface area (Å²) in [6.07, 6.45) is 0. The summed E-state index contributed by atoms with van der Waals surface area (Å²) in [4.78, 5) is 17.3. The number of rotatable bonds is 8. The van der Waals surface area contributed by atoms with Gasteiger partial charge >= 0.3 is 0 Å². The van der Waals surface area contributed by atoms with Crippen LogP contribution in [0.25, 0.3) is 0 Å². The van der Waals surface area contributed by atoms with Crippen LogP contribution in [0.5, 0.6) is 0 Å². The van der Waals surface area contributed by atoms with Gasteiger partial charge in [-0.15, -0.1) is 0 Å². The van der Waals surface area contributed by atoms with Crippen molar-refractivity contribution in [1.29, 1.82) is 0 Å². The largest absolute Gasteiger partial charge is 0.369 e. The molecule has 1 atom stereocenters. The van der Waals surface area contributed by atoms with Crippen molar-refractivity contribution < 1.29 is 4.79 Å². The predicted octanol–water partition coefficient (Wildman–Crippen LogP) is 3.75. The lowest BCUT2D eigenvalue weighted by atomic mass is 9.96. The van der Waals surface area contributed by atoms with Gasteiger partial charge in [-0.3, -0.25) is 4.79 Å². The fraction of sp³-hybridized carbons (Fsp3) is 0.458. The first kappa shape index (κ1) is 21.3. The number of nitrogens with one attached hydrogen (secondary N) is 2. The molecule has 2 aromatic rings. The van der Waals surface area contributed by atoms with Crippen LogP contribution in [0.4, 0.5) is 11.4 Å². The number of piperazine rings is 1. The standard InChI is InChI=1S/C24H34N4O/c1-4-27-14-16-28(17-15-27)22-12-10-21(11-13-22)26-23(29)18-25-24(19(2)3)20-8-6-5-7-9-20/h5-13,19,24-25H,4,14-18H2,1-3H3,(H,26,29)/t24-/m0/s1. The van der Waals surface area contributed by atoms with Crippen molar-refractivity contribution in [3.63, 3.8) is 0 Å². The molecule has 2 N–H and O–H groups in total. The van der Waals surface area contributed by atoms with Gasteiger partial charge in [0.1, 0.15) is 0 Å². The first-order chi connectivity index (χ1) is 14.1. The Labute approximate surface area is 175 Å². The monoisotopic (exact) mass is 394 g/mol. The quantitative estimate of drug-likeness (QED) is 0.716. The fourth-order valence-corrected chi connectivity index (χ4v) is 3.88. The van der Waals surface area contributed by atoms with E-state index in [2.05, 4.69) is 65.5 Å². The zero-order valence-corrected chi connectivity index (χ0v) is 17.9. The number of hydrogen-bond donors (Lipinski definition) is 2. The molecule has 0 aromatic heterocycles. The number of amides is 1. The molecule has 2 aromatic carbocycles. The van der Waals surface area contributed by atoms with Crippen molar-refractivity contribution in [2.75, 3.05) is 49.5 Å². The van der Waals surface area contributed by atoms with Crippen molar-refractivity contribution in [1.82, 2.24) is 10.2 Å². The zero-order valence-electron chi connectivity index (χ0n) is 17.9. The molecule has 0 radical (unpaired) electrons. The second-order valence-corrected chi connectivity index (χ2v) is 8.03. The molecule has 0 aliphatic carbocycles. The minimum absolute atomic E-state index is 0.0177. The molecule has 0 saturated carbocycles. The minimum atomic E-state index is -0.0177. The normalized spacial score (nSPS) is 16.1. The highest BCUT2D eigenvalue weighted by molar-refractivity contribution is 5.92.